The molecule has 236 valence electrons. The molecule has 3 aliphatic rings. The number of nitriles is 1. The van der Waals surface area contributed by atoms with Crippen molar-refractivity contribution in [2.24, 2.45) is 0 Å². The van der Waals surface area contributed by atoms with Gasteiger partial charge in [-0.15, -0.1) is 0 Å². The Morgan fingerprint density at radius 1 is 1.16 bits per heavy atom. The average Bonchev–Trinajstić information content (AvgIpc) is 3.90. The molecular weight excluding hydrogens is 590 g/mol. The third-order valence-electron chi connectivity index (χ3n) is 9.04. The number of nitrogens with zero attached hydrogens (tertiary/aromatic N) is 7. The number of aryl methyl sites for hydroxylation is 1. The summed E-state index contributed by atoms with van der Waals surface area (Å²) in [5.41, 5.74) is 4.24. The Bertz CT molecular complexity index is 1760. The molecule has 6 rings (SSSR count). The van der Waals surface area contributed by atoms with Crippen LogP contribution < -0.4 is 14.5 Å². The number of benzene rings is 2. The first-order chi connectivity index (χ1) is 21.7. The quantitative estimate of drug-likeness (QED) is 0.311. The molecule has 3 aromatic rings. The molecule has 11 nitrogen and oxygen atoms in total. The average molecular weight is 630 g/mol. The summed E-state index contributed by atoms with van der Waals surface area (Å²) in [6.45, 7) is 8.84. The Labute approximate surface area is 264 Å². The molecule has 1 aromatic heterocycles. The van der Waals surface area contributed by atoms with Crippen molar-refractivity contribution in [3.05, 3.63) is 65.9 Å². The Morgan fingerprint density at radius 2 is 1.93 bits per heavy atom. The fourth-order valence-electron chi connectivity index (χ4n) is 6.44. The Hall–Kier alpha value is -4.21. The highest BCUT2D eigenvalue weighted by Crippen LogP contribution is 2.36. The monoisotopic (exact) mass is 629 g/mol. The number of likely N-dealkylation sites (N-methyl/N-ethyl adjacent to an activating group) is 1. The van der Waals surface area contributed by atoms with Crippen molar-refractivity contribution >= 4 is 38.2 Å². The number of anilines is 2. The molecule has 0 unspecified atom stereocenters. The first-order valence-electron chi connectivity index (χ1n) is 15.5. The van der Waals surface area contributed by atoms with Crippen LogP contribution in [-0.2, 0) is 27.8 Å². The predicted molar refractivity (Wildman–Crippen MR) is 174 cm³/mol. The lowest BCUT2D eigenvalue weighted by atomic mass is 9.99. The van der Waals surface area contributed by atoms with Gasteiger partial charge >= 0.3 is 6.01 Å². The lowest BCUT2D eigenvalue weighted by molar-refractivity contribution is -0.128. The van der Waals surface area contributed by atoms with Gasteiger partial charge in [0.15, 0.2) is 0 Å². The van der Waals surface area contributed by atoms with Crippen molar-refractivity contribution in [3.8, 4) is 12.1 Å². The molecule has 1 amide bonds. The number of rotatable bonds is 10. The van der Waals surface area contributed by atoms with Crippen LogP contribution in [0.2, 0.25) is 0 Å². The van der Waals surface area contributed by atoms with Crippen LogP contribution in [0.5, 0.6) is 6.01 Å². The maximum atomic E-state index is 12.6. The van der Waals surface area contributed by atoms with Crippen LogP contribution in [0.4, 0.5) is 11.5 Å². The van der Waals surface area contributed by atoms with E-state index in [-0.39, 0.29) is 42.8 Å². The molecule has 1 atom stereocenters. The van der Waals surface area contributed by atoms with Gasteiger partial charge < -0.3 is 19.4 Å². The van der Waals surface area contributed by atoms with Crippen molar-refractivity contribution in [1.82, 2.24) is 19.2 Å². The zero-order valence-corrected chi connectivity index (χ0v) is 26.7. The largest absolute Gasteiger partial charge is 0.462 e. The van der Waals surface area contributed by atoms with E-state index >= 15 is 0 Å². The van der Waals surface area contributed by atoms with Crippen LogP contribution in [0.3, 0.4) is 0 Å². The number of sulfonamides is 1. The highest BCUT2D eigenvalue weighted by atomic mass is 32.2. The number of ether oxygens (including phenoxy) is 1. The Balaban J connectivity index is 1.31. The van der Waals surface area contributed by atoms with Gasteiger partial charge in [-0.2, -0.15) is 15.2 Å². The van der Waals surface area contributed by atoms with E-state index in [1.54, 1.807) is 11.9 Å². The van der Waals surface area contributed by atoms with Gasteiger partial charge in [-0.3, -0.25) is 4.79 Å². The van der Waals surface area contributed by atoms with Gasteiger partial charge in [0.1, 0.15) is 12.4 Å². The summed E-state index contributed by atoms with van der Waals surface area (Å²) in [5.74, 6) is 0.561. The fraction of sp³-hybridized carbons (Fsp3) is 0.455. The summed E-state index contributed by atoms with van der Waals surface area (Å²) >= 11 is 0. The number of aromatic nitrogens is 2. The van der Waals surface area contributed by atoms with E-state index in [1.165, 1.54) is 26.7 Å². The summed E-state index contributed by atoms with van der Waals surface area (Å²) < 4.78 is 32.7. The first-order valence-corrected chi connectivity index (χ1v) is 17.0. The van der Waals surface area contributed by atoms with Crippen LogP contribution >= 0.6 is 0 Å². The first kappa shape index (κ1) is 30.8. The number of carbonyl (C=O) groups excluding carboxylic acids is 1. The standard InChI is InChI=1S/C33H39N7O4S/c1-4-30(41)40-18-17-39(21-25(40)13-15-34)32-27-14-16-38(29-10-6-9-24-8-5-7-23(2)31(24)29)22-28(27)35-33(36-32)44-20-19-37(3)45(42,43)26-11-12-26/h4-10,25-26H,1,11-14,16-22H2,2-3H3/t25-/m0/s1. The molecule has 0 N–H and O–H groups in total. The van der Waals surface area contributed by atoms with Gasteiger partial charge in [0.2, 0.25) is 15.9 Å². The van der Waals surface area contributed by atoms with E-state index in [2.05, 4.69) is 65.8 Å². The lowest BCUT2D eigenvalue weighted by Gasteiger charge is -2.42. The zero-order chi connectivity index (χ0) is 31.7. The number of hydrogen-bond donors (Lipinski definition) is 0. The number of hydrogen-bond acceptors (Lipinski definition) is 9. The summed E-state index contributed by atoms with van der Waals surface area (Å²) in [6, 6.07) is 14.8. The third-order valence-corrected chi connectivity index (χ3v) is 11.4. The molecule has 12 heteroatoms. The lowest BCUT2D eigenvalue weighted by Crippen LogP contribution is -2.55. The molecule has 2 fully saturated rings. The van der Waals surface area contributed by atoms with Crippen molar-refractivity contribution in [2.75, 3.05) is 56.2 Å². The maximum Gasteiger partial charge on any atom is 0.318 e. The van der Waals surface area contributed by atoms with Gasteiger partial charge in [-0.25, -0.2) is 12.7 Å². The second-order valence-electron chi connectivity index (χ2n) is 12.0. The minimum absolute atomic E-state index is 0.117. The molecule has 3 heterocycles. The molecule has 1 saturated heterocycles. The van der Waals surface area contributed by atoms with E-state index in [0.29, 0.717) is 45.4 Å². The van der Waals surface area contributed by atoms with Crippen molar-refractivity contribution in [2.45, 2.75) is 50.4 Å². The number of piperazine rings is 1. The molecule has 0 spiro atoms. The SMILES string of the molecule is C=CC(=O)N1CCN(c2nc(OCCN(C)S(=O)(=O)C3CC3)nc3c2CCN(c2cccc4cccc(C)c24)C3)C[C@@H]1CC#N. The second kappa shape index (κ2) is 12.7. The smallest absolute Gasteiger partial charge is 0.318 e. The molecule has 2 aromatic carbocycles. The minimum Gasteiger partial charge on any atom is -0.462 e. The molecular formula is C33H39N7O4S. The molecule has 0 bridgehead atoms. The maximum absolute atomic E-state index is 12.6. The van der Waals surface area contributed by atoms with E-state index in [4.69, 9.17) is 14.7 Å². The van der Waals surface area contributed by atoms with Crippen LogP contribution in [0.15, 0.2) is 49.1 Å². The zero-order valence-electron chi connectivity index (χ0n) is 25.9. The molecule has 45 heavy (non-hydrogen) atoms. The molecule has 1 saturated carbocycles. The van der Waals surface area contributed by atoms with Crippen LogP contribution in [0, 0.1) is 18.3 Å². The van der Waals surface area contributed by atoms with Crippen LogP contribution in [0.1, 0.15) is 36.1 Å². The van der Waals surface area contributed by atoms with E-state index < -0.39 is 10.0 Å². The number of amides is 1. The summed E-state index contributed by atoms with van der Waals surface area (Å²) in [5, 5.41) is 11.6. The van der Waals surface area contributed by atoms with Crippen molar-refractivity contribution in [3.63, 3.8) is 0 Å². The number of fused-ring (bicyclic) bond motifs is 2. The van der Waals surface area contributed by atoms with E-state index in [1.807, 2.05) is 0 Å². The second-order valence-corrected chi connectivity index (χ2v) is 14.3. The van der Waals surface area contributed by atoms with E-state index in [0.717, 1.165) is 29.3 Å². The predicted octanol–water partition coefficient (Wildman–Crippen LogP) is 3.42. The van der Waals surface area contributed by atoms with Crippen molar-refractivity contribution < 1.29 is 17.9 Å². The Kier molecular flexibility index (Phi) is 8.66. The van der Waals surface area contributed by atoms with Crippen LogP contribution in [-0.4, -0.2) is 91.2 Å². The normalized spacial score (nSPS) is 18.5. The van der Waals surface area contributed by atoms with Gasteiger partial charge in [0.05, 0.1) is 36.0 Å². The van der Waals surface area contributed by atoms with E-state index in [9.17, 15) is 18.5 Å². The highest BCUT2D eigenvalue weighted by molar-refractivity contribution is 7.90. The van der Waals surface area contributed by atoms with Gasteiger partial charge in [0, 0.05) is 56.4 Å². The summed E-state index contributed by atoms with van der Waals surface area (Å²) in [4.78, 5) is 28.4. The highest BCUT2D eigenvalue weighted by Gasteiger charge is 2.38. The van der Waals surface area contributed by atoms with Gasteiger partial charge in [0.25, 0.3) is 0 Å². The Morgan fingerprint density at radius 3 is 2.67 bits per heavy atom. The minimum atomic E-state index is -3.31. The summed E-state index contributed by atoms with van der Waals surface area (Å²) in [6.07, 6.45) is 3.61. The third kappa shape index (κ3) is 6.19. The topological polar surface area (TPSA) is 123 Å². The summed E-state index contributed by atoms with van der Waals surface area (Å²) in [7, 11) is -1.73. The van der Waals surface area contributed by atoms with Crippen LogP contribution in [0.25, 0.3) is 10.8 Å². The fourth-order valence-corrected chi connectivity index (χ4v) is 8.01. The molecule has 1 aliphatic carbocycles. The van der Waals surface area contributed by atoms with Gasteiger partial charge in [-0.1, -0.05) is 36.9 Å². The molecule has 0 radical (unpaired) electrons. The molecule has 2 aliphatic heterocycles. The van der Waals surface area contributed by atoms with Crippen molar-refractivity contribution in [1.29, 1.82) is 5.26 Å². The number of carbonyl (C=O) groups is 1. The van der Waals surface area contributed by atoms with Gasteiger partial charge in [-0.05, 0) is 49.3 Å².